The van der Waals surface area contributed by atoms with Crippen molar-refractivity contribution in [1.29, 1.82) is 0 Å². The number of aromatic nitrogens is 1. The molecule has 1 amide bonds. The second-order valence-corrected chi connectivity index (χ2v) is 6.77. The highest BCUT2D eigenvalue weighted by atomic mass is 16.5. The van der Waals surface area contributed by atoms with E-state index < -0.39 is 0 Å². The fourth-order valence-electron chi connectivity index (χ4n) is 3.53. The summed E-state index contributed by atoms with van der Waals surface area (Å²) in [6, 6.07) is 0.119. The van der Waals surface area contributed by atoms with Gasteiger partial charge in [-0.15, -0.1) is 0 Å². The summed E-state index contributed by atoms with van der Waals surface area (Å²) >= 11 is 0. The maximum absolute atomic E-state index is 13.0. The van der Waals surface area contributed by atoms with Crippen molar-refractivity contribution in [3.05, 3.63) is 17.3 Å². The Kier molecular flexibility index (Phi) is 3.46. The average Bonchev–Trinajstić information content (AvgIpc) is 3.29. The Labute approximate surface area is 130 Å². The van der Waals surface area contributed by atoms with Gasteiger partial charge in [0.15, 0.2) is 5.89 Å². The first-order valence-electron chi connectivity index (χ1n) is 8.22. The number of hydrogen-bond acceptors (Lipinski definition) is 5. The minimum Gasteiger partial charge on any atom is -0.435 e. The molecule has 0 radical (unpaired) electrons. The summed E-state index contributed by atoms with van der Waals surface area (Å²) in [4.78, 5) is 21.6. The molecule has 0 N–H and O–H groups in total. The Balaban J connectivity index is 1.58. The average molecular weight is 305 g/mol. The minimum atomic E-state index is -0.0227. The molecule has 2 atom stereocenters. The van der Waals surface area contributed by atoms with Gasteiger partial charge in [0.1, 0.15) is 0 Å². The van der Waals surface area contributed by atoms with Crippen LogP contribution in [0.1, 0.15) is 47.3 Å². The summed E-state index contributed by atoms with van der Waals surface area (Å²) in [6.45, 7) is 5.00. The predicted molar refractivity (Wildman–Crippen MR) is 79.9 cm³/mol. The summed E-state index contributed by atoms with van der Waals surface area (Å²) in [5, 5.41) is 0. The summed E-state index contributed by atoms with van der Waals surface area (Å²) in [7, 11) is 2.10. The molecule has 22 heavy (non-hydrogen) atoms. The van der Waals surface area contributed by atoms with Crippen molar-refractivity contribution >= 4 is 5.91 Å². The van der Waals surface area contributed by atoms with Gasteiger partial charge in [-0.25, -0.2) is 4.98 Å². The fourth-order valence-corrected chi connectivity index (χ4v) is 3.53. The van der Waals surface area contributed by atoms with Crippen LogP contribution in [-0.4, -0.2) is 66.1 Å². The van der Waals surface area contributed by atoms with E-state index >= 15 is 0 Å². The third-order valence-corrected chi connectivity index (χ3v) is 4.98. The molecule has 6 nitrogen and oxygen atoms in total. The molecule has 3 aliphatic rings. The topological polar surface area (TPSA) is 58.8 Å². The number of carbonyl (C=O) groups excluding carboxylic acids is 1. The van der Waals surface area contributed by atoms with Crippen molar-refractivity contribution in [2.75, 3.05) is 33.3 Å². The summed E-state index contributed by atoms with van der Waals surface area (Å²) < 4.78 is 11.7. The molecule has 1 saturated carbocycles. The number of oxazole rings is 1. The van der Waals surface area contributed by atoms with Gasteiger partial charge in [0.05, 0.1) is 24.4 Å². The standard InChI is InChI=1S/C16H23N3O3/c1-10-14(22-15(17-10)11-3-4-11)16(20)19-7-8-21-13-5-6-18(2)9-12(13)19/h11-13H,3-9H2,1-2H3/t12-,13-/m1/s1. The molecule has 2 saturated heterocycles. The van der Waals surface area contributed by atoms with Gasteiger partial charge in [0.25, 0.3) is 5.91 Å². The lowest BCUT2D eigenvalue weighted by molar-refractivity contribution is -0.0876. The van der Waals surface area contributed by atoms with E-state index in [0.29, 0.717) is 24.8 Å². The van der Waals surface area contributed by atoms with Crippen LogP contribution in [-0.2, 0) is 4.74 Å². The van der Waals surface area contributed by atoms with Gasteiger partial charge < -0.3 is 19.0 Å². The van der Waals surface area contributed by atoms with Crippen LogP contribution in [0.25, 0.3) is 0 Å². The first-order chi connectivity index (χ1) is 10.6. The van der Waals surface area contributed by atoms with Crippen LogP contribution in [0.5, 0.6) is 0 Å². The first-order valence-corrected chi connectivity index (χ1v) is 8.22. The Morgan fingerprint density at radius 1 is 1.27 bits per heavy atom. The normalized spacial score (nSPS) is 29.5. The molecule has 3 fully saturated rings. The zero-order chi connectivity index (χ0) is 15.3. The molecule has 0 spiro atoms. The van der Waals surface area contributed by atoms with E-state index in [-0.39, 0.29) is 18.1 Å². The number of carbonyl (C=O) groups is 1. The SMILES string of the molecule is Cc1nc(C2CC2)oc1C(=O)N1CCO[C@@H]2CCN(C)C[C@H]21. The molecule has 1 aliphatic carbocycles. The molecule has 0 unspecified atom stereocenters. The number of piperidine rings is 1. The highest BCUT2D eigenvalue weighted by molar-refractivity contribution is 5.92. The van der Waals surface area contributed by atoms with E-state index in [0.717, 1.165) is 43.9 Å². The minimum absolute atomic E-state index is 0.0227. The largest absolute Gasteiger partial charge is 0.435 e. The highest BCUT2D eigenvalue weighted by Crippen LogP contribution is 2.40. The van der Waals surface area contributed by atoms with Crippen molar-refractivity contribution in [3.8, 4) is 0 Å². The monoisotopic (exact) mass is 305 g/mol. The van der Waals surface area contributed by atoms with Crippen molar-refractivity contribution in [2.24, 2.45) is 0 Å². The van der Waals surface area contributed by atoms with Crippen molar-refractivity contribution in [3.63, 3.8) is 0 Å². The van der Waals surface area contributed by atoms with E-state index in [2.05, 4.69) is 16.9 Å². The van der Waals surface area contributed by atoms with Crippen LogP contribution in [0.3, 0.4) is 0 Å². The molecule has 1 aromatic heterocycles. The third-order valence-electron chi connectivity index (χ3n) is 4.98. The number of ether oxygens (including phenoxy) is 1. The number of aryl methyl sites for hydroxylation is 1. The first kappa shape index (κ1) is 14.2. The number of rotatable bonds is 2. The maximum Gasteiger partial charge on any atom is 0.292 e. The van der Waals surface area contributed by atoms with Crippen molar-refractivity contribution in [1.82, 2.24) is 14.8 Å². The zero-order valence-electron chi connectivity index (χ0n) is 13.2. The molecule has 3 heterocycles. The molecule has 1 aromatic rings. The third kappa shape index (κ3) is 2.44. The molecule has 0 aromatic carbocycles. The van der Waals surface area contributed by atoms with Gasteiger partial charge in [-0.3, -0.25) is 4.79 Å². The molecule has 4 rings (SSSR count). The smallest absolute Gasteiger partial charge is 0.292 e. The van der Waals surface area contributed by atoms with Crippen LogP contribution in [0.15, 0.2) is 4.42 Å². The number of likely N-dealkylation sites (tertiary alicyclic amines) is 1. The van der Waals surface area contributed by atoms with Crippen LogP contribution in [0.4, 0.5) is 0 Å². The van der Waals surface area contributed by atoms with E-state index in [1.54, 1.807) is 0 Å². The Morgan fingerprint density at radius 2 is 2.09 bits per heavy atom. The highest BCUT2D eigenvalue weighted by Gasteiger charge is 2.40. The van der Waals surface area contributed by atoms with Gasteiger partial charge in [-0.1, -0.05) is 0 Å². The molecule has 0 bridgehead atoms. The van der Waals surface area contributed by atoms with Gasteiger partial charge in [-0.05, 0) is 33.2 Å². The second-order valence-electron chi connectivity index (χ2n) is 6.77. The number of nitrogens with zero attached hydrogens (tertiary/aromatic N) is 3. The fraction of sp³-hybridized carbons (Fsp3) is 0.750. The number of likely N-dealkylation sites (N-methyl/N-ethyl adjacent to an activating group) is 1. The molecule has 6 heteroatoms. The Bertz CT molecular complexity index is 581. The van der Waals surface area contributed by atoms with Gasteiger partial charge >= 0.3 is 0 Å². The van der Waals surface area contributed by atoms with Crippen molar-refractivity contribution in [2.45, 2.75) is 44.2 Å². The number of morpholine rings is 1. The van der Waals surface area contributed by atoms with Crippen LogP contribution in [0.2, 0.25) is 0 Å². The lowest BCUT2D eigenvalue weighted by atomic mass is 9.99. The van der Waals surface area contributed by atoms with E-state index in [4.69, 9.17) is 9.15 Å². The van der Waals surface area contributed by atoms with Crippen molar-refractivity contribution < 1.29 is 13.9 Å². The number of fused-ring (bicyclic) bond motifs is 1. The summed E-state index contributed by atoms with van der Waals surface area (Å²) in [5.74, 6) is 1.58. The lowest BCUT2D eigenvalue weighted by Gasteiger charge is -2.45. The zero-order valence-corrected chi connectivity index (χ0v) is 13.2. The van der Waals surface area contributed by atoms with Crippen LogP contribution < -0.4 is 0 Å². The number of amides is 1. The number of hydrogen-bond donors (Lipinski definition) is 0. The van der Waals surface area contributed by atoms with Crippen LogP contribution in [0, 0.1) is 6.92 Å². The predicted octanol–water partition coefficient (Wildman–Crippen LogP) is 1.41. The van der Waals surface area contributed by atoms with E-state index in [9.17, 15) is 4.79 Å². The molecule has 2 aliphatic heterocycles. The second kappa shape index (κ2) is 5.35. The molecular weight excluding hydrogens is 282 g/mol. The Hall–Kier alpha value is -1.40. The van der Waals surface area contributed by atoms with E-state index in [1.807, 2.05) is 11.8 Å². The summed E-state index contributed by atoms with van der Waals surface area (Å²) in [5.41, 5.74) is 0.721. The van der Waals surface area contributed by atoms with Crippen LogP contribution >= 0.6 is 0 Å². The quantitative estimate of drug-likeness (QED) is 0.827. The van der Waals surface area contributed by atoms with E-state index in [1.165, 1.54) is 0 Å². The molecular formula is C16H23N3O3. The maximum atomic E-state index is 13.0. The lowest BCUT2D eigenvalue weighted by Crippen LogP contribution is -2.60. The Morgan fingerprint density at radius 3 is 2.86 bits per heavy atom. The van der Waals surface area contributed by atoms with Gasteiger partial charge in [0, 0.05) is 25.6 Å². The molecule has 120 valence electrons. The summed E-state index contributed by atoms with van der Waals surface area (Å²) in [6.07, 6.45) is 3.38. The van der Waals surface area contributed by atoms with Gasteiger partial charge in [0.2, 0.25) is 5.76 Å². The van der Waals surface area contributed by atoms with Gasteiger partial charge in [-0.2, -0.15) is 0 Å².